The first-order valence-corrected chi connectivity index (χ1v) is 5.69. The Kier molecular flexibility index (Phi) is 5.78. The Morgan fingerprint density at radius 3 is 2.00 bits per heavy atom. The smallest absolute Gasteiger partial charge is 0.116 e. The number of phenolic OH excluding ortho intramolecular Hbond substituents is 1. The molecule has 0 heterocycles. The summed E-state index contributed by atoms with van der Waals surface area (Å²) < 4.78 is 0. The molecule has 89 valence electrons. The molecule has 1 radical (unpaired) electrons. The van der Waals surface area contributed by atoms with Crippen molar-refractivity contribution < 1.29 is 37.8 Å². The van der Waals surface area contributed by atoms with Crippen molar-refractivity contribution in [2.75, 3.05) is 0 Å². The summed E-state index contributed by atoms with van der Waals surface area (Å²) in [6.45, 7) is 4.05. The molecule has 0 unspecified atom stereocenters. The van der Waals surface area contributed by atoms with Crippen LogP contribution >= 0.6 is 0 Å². The van der Waals surface area contributed by atoms with Gasteiger partial charge in [0, 0.05) is 32.7 Å². The zero-order valence-corrected chi connectivity index (χ0v) is 13.6. The molecule has 2 aromatic rings. The summed E-state index contributed by atoms with van der Waals surface area (Å²) in [7, 11) is 0. The third kappa shape index (κ3) is 4.40. The second-order valence-electron chi connectivity index (χ2n) is 4.35. The quantitative estimate of drug-likeness (QED) is 0.825. The van der Waals surface area contributed by atoms with Crippen LogP contribution < -0.4 is 0 Å². The molecule has 0 spiro atoms. The molecular formula is C16H16OY. The standard InChI is InChI=1S/C16H16O.Y/c1-12-3-5-14(6-4-12)7-8-15-9-13(2)10-16(17)11-15;/h3-11,17H,1-2H3;/b8-7-;. The minimum atomic E-state index is 0. The first kappa shape index (κ1) is 15.1. The fraction of sp³-hybridized carbons (Fsp3) is 0.125. The second-order valence-corrected chi connectivity index (χ2v) is 4.35. The van der Waals surface area contributed by atoms with Gasteiger partial charge in [-0.2, -0.15) is 0 Å². The van der Waals surface area contributed by atoms with Crippen LogP contribution in [0.5, 0.6) is 5.75 Å². The summed E-state index contributed by atoms with van der Waals surface area (Å²) in [5, 5.41) is 9.49. The van der Waals surface area contributed by atoms with Crippen molar-refractivity contribution in [1.29, 1.82) is 0 Å². The van der Waals surface area contributed by atoms with E-state index < -0.39 is 0 Å². The molecule has 0 fully saturated rings. The molecular weight excluding hydrogens is 297 g/mol. The average molecular weight is 313 g/mol. The zero-order valence-electron chi connectivity index (χ0n) is 10.7. The third-order valence-corrected chi connectivity index (χ3v) is 2.63. The zero-order chi connectivity index (χ0) is 12.3. The van der Waals surface area contributed by atoms with Gasteiger partial charge < -0.3 is 5.11 Å². The topological polar surface area (TPSA) is 20.2 Å². The van der Waals surface area contributed by atoms with Crippen molar-refractivity contribution in [2.45, 2.75) is 13.8 Å². The molecule has 0 aliphatic carbocycles. The van der Waals surface area contributed by atoms with E-state index in [1.807, 2.05) is 25.1 Å². The molecule has 0 atom stereocenters. The van der Waals surface area contributed by atoms with E-state index in [0.717, 1.165) is 16.7 Å². The van der Waals surface area contributed by atoms with E-state index in [1.54, 1.807) is 12.1 Å². The Hall–Kier alpha value is -0.916. The number of phenols is 1. The van der Waals surface area contributed by atoms with E-state index >= 15 is 0 Å². The molecule has 2 rings (SSSR count). The van der Waals surface area contributed by atoms with Crippen molar-refractivity contribution in [3.8, 4) is 5.75 Å². The van der Waals surface area contributed by atoms with Gasteiger partial charge in [-0.05, 0) is 42.7 Å². The Labute approximate surface area is 133 Å². The van der Waals surface area contributed by atoms with Crippen LogP contribution in [0.2, 0.25) is 0 Å². The summed E-state index contributed by atoms with van der Waals surface area (Å²) in [6, 6.07) is 13.9. The molecule has 0 amide bonds. The van der Waals surface area contributed by atoms with Gasteiger partial charge in [0.05, 0.1) is 0 Å². The van der Waals surface area contributed by atoms with Gasteiger partial charge in [0.2, 0.25) is 0 Å². The first-order chi connectivity index (χ1) is 8.13. The largest absolute Gasteiger partial charge is 0.508 e. The summed E-state index contributed by atoms with van der Waals surface area (Å²) in [5.74, 6) is 0.313. The van der Waals surface area contributed by atoms with E-state index in [-0.39, 0.29) is 32.7 Å². The van der Waals surface area contributed by atoms with Crippen LogP contribution in [0, 0.1) is 13.8 Å². The average Bonchev–Trinajstić information content (AvgIpc) is 2.27. The van der Waals surface area contributed by atoms with Crippen molar-refractivity contribution >= 4 is 12.2 Å². The monoisotopic (exact) mass is 313 g/mol. The molecule has 2 heteroatoms. The third-order valence-electron chi connectivity index (χ3n) is 2.63. The molecule has 0 aliphatic rings. The van der Waals surface area contributed by atoms with Gasteiger partial charge in [0.1, 0.15) is 5.75 Å². The Morgan fingerprint density at radius 1 is 0.778 bits per heavy atom. The summed E-state index contributed by atoms with van der Waals surface area (Å²) in [5.41, 5.74) is 4.50. The van der Waals surface area contributed by atoms with Crippen LogP contribution in [0.25, 0.3) is 12.2 Å². The predicted octanol–water partition coefficient (Wildman–Crippen LogP) is 4.18. The number of hydrogen-bond donors (Lipinski definition) is 1. The Bertz CT molecular complexity index is 521. The molecule has 1 nitrogen and oxygen atoms in total. The minimum Gasteiger partial charge on any atom is -0.508 e. The summed E-state index contributed by atoms with van der Waals surface area (Å²) in [6.07, 6.45) is 4.06. The van der Waals surface area contributed by atoms with Crippen LogP contribution in [0.3, 0.4) is 0 Å². The van der Waals surface area contributed by atoms with Gasteiger partial charge in [-0.15, -0.1) is 0 Å². The van der Waals surface area contributed by atoms with Crippen LogP contribution in [0.1, 0.15) is 22.3 Å². The molecule has 0 bridgehead atoms. The molecule has 1 N–H and O–H groups in total. The van der Waals surface area contributed by atoms with Gasteiger partial charge in [-0.1, -0.05) is 48.0 Å². The van der Waals surface area contributed by atoms with Crippen molar-refractivity contribution in [3.05, 3.63) is 64.7 Å². The Morgan fingerprint density at radius 2 is 1.39 bits per heavy atom. The van der Waals surface area contributed by atoms with E-state index in [9.17, 15) is 5.11 Å². The van der Waals surface area contributed by atoms with Crippen LogP contribution in [0.15, 0.2) is 42.5 Å². The second kappa shape index (κ2) is 6.87. The molecule has 0 aliphatic heterocycles. The molecule has 2 aromatic carbocycles. The number of rotatable bonds is 2. The number of benzene rings is 2. The maximum atomic E-state index is 9.49. The molecule has 0 saturated heterocycles. The SMILES string of the molecule is Cc1ccc(/C=C\c2cc(C)cc(O)c2)cc1.[Y]. The van der Waals surface area contributed by atoms with Crippen molar-refractivity contribution in [2.24, 2.45) is 0 Å². The van der Waals surface area contributed by atoms with Crippen molar-refractivity contribution in [1.82, 2.24) is 0 Å². The van der Waals surface area contributed by atoms with E-state index in [1.165, 1.54) is 5.56 Å². The fourth-order valence-corrected chi connectivity index (χ4v) is 1.76. The number of aromatic hydroxyl groups is 1. The van der Waals surface area contributed by atoms with Gasteiger partial charge in [0.15, 0.2) is 0 Å². The number of hydrogen-bond acceptors (Lipinski definition) is 1. The maximum absolute atomic E-state index is 9.49. The summed E-state index contributed by atoms with van der Waals surface area (Å²) >= 11 is 0. The first-order valence-electron chi connectivity index (χ1n) is 5.69. The van der Waals surface area contributed by atoms with Gasteiger partial charge in [0.25, 0.3) is 0 Å². The molecule has 0 aromatic heterocycles. The Balaban J connectivity index is 0.00000162. The van der Waals surface area contributed by atoms with Crippen molar-refractivity contribution in [3.63, 3.8) is 0 Å². The summed E-state index contributed by atoms with van der Waals surface area (Å²) in [4.78, 5) is 0. The fourth-order valence-electron chi connectivity index (χ4n) is 1.76. The normalized spacial score (nSPS) is 10.3. The predicted molar refractivity (Wildman–Crippen MR) is 73.0 cm³/mol. The molecule has 0 saturated carbocycles. The van der Waals surface area contributed by atoms with Crippen LogP contribution in [-0.4, -0.2) is 5.11 Å². The van der Waals surface area contributed by atoms with Crippen LogP contribution in [0.4, 0.5) is 0 Å². The van der Waals surface area contributed by atoms with E-state index in [4.69, 9.17) is 0 Å². The van der Waals surface area contributed by atoms with Crippen LogP contribution in [-0.2, 0) is 32.7 Å². The van der Waals surface area contributed by atoms with Gasteiger partial charge >= 0.3 is 0 Å². The minimum absolute atomic E-state index is 0. The van der Waals surface area contributed by atoms with E-state index in [0.29, 0.717) is 5.75 Å². The van der Waals surface area contributed by atoms with Gasteiger partial charge in [-0.3, -0.25) is 0 Å². The maximum Gasteiger partial charge on any atom is 0.116 e. The molecule has 18 heavy (non-hydrogen) atoms. The van der Waals surface area contributed by atoms with Gasteiger partial charge in [-0.25, -0.2) is 0 Å². The number of aryl methyl sites for hydroxylation is 2. The van der Waals surface area contributed by atoms with E-state index in [2.05, 4.69) is 31.2 Å².